The molecule has 4 rings (SSSR count). The molecule has 8 unspecified atom stereocenters. The molecule has 2 saturated carbocycles. The quantitative estimate of drug-likeness (QED) is 0.376. The highest BCUT2D eigenvalue weighted by molar-refractivity contribution is 5.85. The molecule has 0 aliphatic heterocycles. The highest BCUT2D eigenvalue weighted by Gasteiger charge is 2.67. The van der Waals surface area contributed by atoms with Gasteiger partial charge >= 0.3 is 5.97 Å². The summed E-state index contributed by atoms with van der Waals surface area (Å²) in [5.74, 6) is -0.794. The van der Waals surface area contributed by atoms with Crippen molar-refractivity contribution < 1.29 is 24.9 Å². The molecule has 3 N–H and O–H groups in total. The van der Waals surface area contributed by atoms with Gasteiger partial charge in [0, 0.05) is 23.9 Å². The van der Waals surface area contributed by atoms with E-state index in [1.807, 2.05) is 6.92 Å². The topological polar surface area (TPSA) is 94.8 Å². The largest absolute Gasteiger partial charge is 0.481 e. The van der Waals surface area contributed by atoms with Crippen LogP contribution in [0.4, 0.5) is 0 Å². The maximum Gasteiger partial charge on any atom is 0.306 e. The van der Waals surface area contributed by atoms with Gasteiger partial charge in [-0.25, -0.2) is 0 Å². The Morgan fingerprint density at radius 3 is 2.36 bits per heavy atom. The molecule has 0 amide bonds. The van der Waals surface area contributed by atoms with Crippen molar-refractivity contribution in [3.63, 3.8) is 0 Å². The zero-order chi connectivity index (χ0) is 26.8. The van der Waals surface area contributed by atoms with E-state index in [-0.39, 0.29) is 34.7 Å². The summed E-state index contributed by atoms with van der Waals surface area (Å²) in [5, 5.41) is 31.5. The number of fused-ring (bicyclic) bond motifs is 4. The number of carboxylic acid groups (broad SMARTS) is 1. The molecule has 202 valence electrons. The van der Waals surface area contributed by atoms with Crippen LogP contribution in [-0.4, -0.2) is 39.8 Å². The van der Waals surface area contributed by atoms with Crippen LogP contribution < -0.4 is 0 Å². The zero-order valence-corrected chi connectivity index (χ0v) is 23.3. The molecule has 2 fully saturated rings. The SMILES string of the molecule is C=C(CCC(C(=O)O)C1CC(O)C2(C)C3=C(CCC12C)C1(C)CCC(=O)C(C)(C)C1CC3)C(C)CO. The van der Waals surface area contributed by atoms with Gasteiger partial charge in [-0.15, -0.1) is 0 Å². The highest BCUT2D eigenvalue weighted by Crippen LogP contribution is 2.72. The van der Waals surface area contributed by atoms with Crippen LogP contribution in [0.15, 0.2) is 23.3 Å². The smallest absolute Gasteiger partial charge is 0.306 e. The first-order valence-corrected chi connectivity index (χ1v) is 14.1. The molecule has 4 aliphatic carbocycles. The molecule has 8 atom stereocenters. The molecule has 4 aliphatic rings. The first-order valence-electron chi connectivity index (χ1n) is 14.1. The molecule has 5 nitrogen and oxygen atoms in total. The summed E-state index contributed by atoms with van der Waals surface area (Å²) in [7, 11) is 0. The Morgan fingerprint density at radius 1 is 1.08 bits per heavy atom. The van der Waals surface area contributed by atoms with Crippen molar-refractivity contribution in [1.29, 1.82) is 0 Å². The van der Waals surface area contributed by atoms with Crippen molar-refractivity contribution in [2.24, 2.45) is 45.3 Å². The summed E-state index contributed by atoms with van der Waals surface area (Å²) in [6.45, 7) is 17.1. The van der Waals surface area contributed by atoms with E-state index >= 15 is 0 Å². The van der Waals surface area contributed by atoms with Crippen LogP contribution in [0.2, 0.25) is 0 Å². The normalized spacial score (nSPS) is 41.2. The molecular formula is C31H48O5. The summed E-state index contributed by atoms with van der Waals surface area (Å²) in [6.07, 6.45) is 6.16. The highest BCUT2D eigenvalue weighted by atomic mass is 16.4. The van der Waals surface area contributed by atoms with Gasteiger partial charge in [0.2, 0.25) is 0 Å². The van der Waals surface area contributed by atoms with Gasteiger partial charge < -0.3 is 15.3 Å². The van der Waals surface area contributed by atoms with Crippen LogP contribution in [0.1, 0.15) is 99.3 Å². The van der Waals surface area contributed by atoms with Crippen LogP contribution >= 0.6 is 0 Å². The van der Waals surface area contributed by atoms with Crippen molar-refractivity contribution in [2.75, 3.05) is 6.61 Å². The molecule has 36 heavy (non-hydrogen) atoms. The van der Waals surface area contributed by atoms with Crippen molar-refractivity contribution in [1.82, 2.24) is 0 Å². The maximum absolute atomic E-state index is 12.8. The van der Waals surface area contributed by atoms with E-state index in [1.165, 1.54) is 11.1 Å². The second-order valence-electron chi connectivity index (χ2n) is 13.8. The maximum atomic E-state index is 12.8. The van der Waals surface area contributed by atoms with E-state index in [4.69, 9.17) is 0 Å². The Bertz CT molecular complexity index is 977. The standard InChI is InChI=1S/C31H48O5/c1-18(19(2)17-32)8-9-20(27(35)36)23-16-26(34)31(7)22-10-11-24-28(3,4)25(33)13-14-29(24,5)21(22)12-15-30(23,31)6/h19-20,23-24,26,32,34H,1,8-17H2,2-7H3,(H,35,36). The summed E-state index contributed by atoms with van der Waals surface area (Å²) in [6, 6.07) is 0. The van der Waals surface area contributed by atoms with Crippen LogP contribution in [0.5, 0.6) is 0 Å². The van der Waals surface area contributed by atoms with Crippen molar-refractivity contribution in [3.05, 3.63) is 23.3 Å². The van der Waals surface area contributed by atoms with E-state index < -0.39 is 23.4 Å². The number of rotatable bonds is 7. The van der Waals surface area contributed by atoms with Crippen molar-refractivity contribution in [3.8, 4) is 0 Å². The van der Waals surface area contributed by atoms with Crippen LogP contribution in [-0.2, 0) is 9.59 Å². The number of carbonyl (C=O) groups is 2. The average molecular weight is 501 g/mol. The lowest BCUT2D eigenvalue weighted by atomic mass is 9.43. The number of allylic oxidation sites excluding steroid dienone is 1. The zero-order valence-electron chi connectivity index (χ0n) is 23.3. The average Bonchev–Trinajstić information content (AvgIpc) is 3.02. The lowest BCUT2D eigenvalue weighted by Gasteiger charge is -2.61. The predicted octanol–water partition coefficient (Wildman–Crippen LogP) is 5.94. The lowest BCUT2D eigenvalue weighted by molar-refractivity contribution is -0.146. The van der Waals surface area contributed by atoms with Gasteiger partial charge in [-0.05, 0) is 80.0 Å². The lowest BCUT2D eigenvalue weighted by Crippen LogP contribution is -2.55. The Balaban J connectivity index is 1.70. The molecule has 5 heteroatoms. The minimum atomic E-state index is -0.787. The van der Waals surface area contributed by atoms with Gasteiger partial charge in [-0.3, -0.25) is 9.59 Å². The summed E-state index contributed by atoms with van der Waals surface area (Å²) >= 11 is 0. The van der Waals surface area contributed by atoms with Gasteiger partial charge in [0.15, 0.2) is 0 Å². The van der Waals surface area contributed by atoms with E-state index in [0.717, 1.165) is 37.7 Å². The molecular weight excluding hydrogens is 452 g/mol. The summed E-state index contributed by atoms with van der Waals surface area (Å²) in [5.41, 5.74) is 2.62. The number of aliphatic hydroxyl groups is 2. The molecule has 0 aromatic carbocycles. The van der Waals surface area contributed by atoms with Crippen molar-refractivity contribution >= 4 is 11.8 Å². The van der Waals surface area contributed by atoms with Crippen molar-refractivity contribution in [2.45, 2.75) is 105 Å². The Kier molecular flexibility index (Phi) is 6.95. The van der Waals surface area contributed by atoms with E-state index in [2.05, 4.69) is 41.2 Å². The molecule has 0 spiro atoms. The van der Waals surface area contributed by atoms with E-state index in [1.54, 1.807) is 0 Å². The molecule has 0 heterocycles. The summed E-state index contributed by atoms with van der Waals surface area (Å²) in [4.78, 5) is 25.4. The van der Waals surface area contributed by atoms with Crippen LogP contribution in [0.3, 0.4) is 0 Å². The monoisotopic (exact) mass is 500 g/mol. The summed E-state index contributed by atoms with van der Waals surface area (Å²) < 4.78 is 0. The minimum Gasteiger partial charge on any atom is -0.481 e. The first kappa shape index (κ1) is 27.6. The fraction of sp³-hybridized carbons (Fsp3) is 0.806. The molecule has 0 aromatic rings. The number of aliphatic carboxylic acids is 1. The number of aliphatic hydroxyl groups excluding tert-OH is 2. The number of Topliss-reactive ketones (excluding diaryl/α,β-unsaturated/α-hetero) is 1. The van der Waals surface area contributed by atoms with E-state index in [0.29, 0.717) is 37.4 Å². The molecule has 0 saturated heterocycles. The Morgan fingerprint density at radius 2 is 1.75 bits per heavy atom. The van der Waals surface area contributed by atoms with Gasteiger partial charge in [0.05, 0.1) is 12.0 Å². The Hall–Kier alpha value is -1.46. The van der Waals surface area contributed by atoms with E-state index in [9.17, 15) is 24.9 Å². The first-order chi connectivity index (χ1) is 16.7. The second kappa shape index (κ2) is 9.08. The Labute approximate surface area is 217 Å². The third-order valence-corrected chi connectivity index (χ3v) is 12.2. The van der Waals surface area contributed by atoms with Crippen LogP contribution in [0.25, 0.3) is 0 Å². The van der Waals surface area contributed by atoms with Gasteiger partial charge in [-0.2, -0.15) is 0 Å². The number of hydrogen-bond acceptors (Lipinski definition) is 4. The van der Waals surface area contributed by atoms with Crippen LogP contribution in [0, 0.1) is 45.3 Å². The van der Waals surface area contributed by atoms with Gasteiger partial charge in [-0.1, -0.05) is 64.8 Å². The third kappa shape index (κ3) is 3.70. The molecule has 0 bridgehead atoms. The fourth-order valence-corrected chi connectivity index (χ4v) is 9.39. The number of carbonyl (C=O) groups excluding carboxylic acids is 1. The molecule has 0 radical (unpaired) electrons. The van der Waals surface area contributed by atoms with Gasteiger partial charge in [0.1, 0.15) is 5.78 Å². The number of hydrogen-bond donors (Lipinski definition) is 3. The fourth-order valence-electron chi connectivity index (χ4n) is 9.39. The second-order valence-corrected chi connectivity index (χ2v) is 13.8. The predicted molar refractivity (Wildman–Crippen MR) is 141 cm³/mol. The number of ketones is 1. The minimum absolute atomic E-state index is 0.0214. The van der Waals surface area contributed by atoms with Gasteiger partial charge in [0.25, 0.3) is 0 Å². The molecule has 0 aromatic heterocycles. The number of carboxylic acids is 1. The third-order valence-electron chi connectivity index (χ3n) is 12.2.